The van der Waals surface area contributed by atoms with Crippen molar-refractivity contribution in [3.8, 4) is 0 Å². The molecule has 0 heterocycles. The standard InChI is InChI=1S/C15H34N.C6H6O6S2/c1-5-6-7-8-9-10-11-12-13-14-15-16(2,3)4;7-13(8,9)5-2-1-3-6(4-5)14(10,11)12/h5-15H2,1-4H3;1-4H,(H,7,8,9)(H,10,11,12)/q+1;/p-2. The van der Waals surface area contributed by atoms with Crippen molar-refractivity contribution in [3.63, 3.8) is 0 Å². The molecule has 0 aliphatic heterocycles. The Morgan fingerprint density at radius 2 is 1.07 bits per heavy atom. The molecule has 30 heavy (non-hydrogen) atoms. The van der Waals surface area contributed by atoms with Crippen LogP contribution in [0.4, 0.5) is 0 Å². The third kappa shape index (κ3) is 15.8. The minimum Gasteiger partial charge on any atom is -0.744 e. The number of nitrogens with zero attached hydrogens (tertiary/aromatic N) is 1. The SMILES string of the molecule is CCCCCCCCCCCC[N+](C)(C)C.O=S(=O)([O-])c1cccc(S(=O)(=O)[O-])c1. The van der Waals surface area contributed by atoms with Crippen LogP contribution < -0.4 is 0 Å². The zero-order valence-corrected chi connectivity index (χ0v) is 20.4. The fourth-order valence-corrected chi connectivity index (χ4v) is 3.97. The van der Waals surface area contributed by atoms with E-state index in [0.717, 1.165) is 22.7 Å². The summed E-state index contributed by atoms with van der Waals surface area (Å²) in [5, 5.41) is 0. The highest BCUT2D eigenvalue weighted by Crippen LogP contribution is 2.14. The largest absolute Gasteiger partial charge is 0.744 e. The molecule has 1 rings (SSSR count). The summed E-state index contributed by atoms with van der Waals surface area (Å²) in [6.45, 7) is 3.62. The molecule has 1 aromatic rings. The normalized spacial score (nSPS) is 12.3. The maximum Gasteiger partial charge on any atom is 0.124 e. The molecular weight excluding hydrogens is 426 g/mol. The number of unbranched alkanes of at least 4 members (excludes halogenated alkanes) is 9. The fourth-order valence-electron chi connectivity index (χ4n) is 2.86. The van der Waals surface area contributed by atoms with Gasteiger partial charge in [0.15, 0.2) is 0 Å². The summed E-state index contributed by atoms with van der Waals surface area (Å²) in [5.41, 5.74) is 0. The van der Waals surface area contributed by atoms with Crippen LogP contribution in [0.15, 0.2) is 34.1 Å². The van der Waals surface area contributed by atoms with E-state index in [9.17, 15) is 25.9 Å². The summed E-state index contributed by atoms with van der Waals surface area (Å²) in [6, 6.07) is 3.37. The van der Waals surface area contributed by atoms with E-state index in [4.69, 9.17) is 0 Å². The maximum absolute atomic E-state index is 10.5. The smallest absolute Gasteiger partial charge is 0.124 e. The quantitative estimate of drug-likeness (QED) is 0.246. The predicted molar refractivity (Wildman–Crippen MR) is 117 cm³/mol. The van der Waals surface area contributed by atoms with Crippen LogP contribution in [0.5, 0.6) is 0 Å². The van der Waals surface area contributed by atoms with Crippen LogP contribution in [0, 0.1) is 0 Å². The summed E-state index contributed by atoms with van der Waals surface area (Å²) >= 11 is 0. The molecule has 0 fully saturated rings. The summed E-state index contributed by atoms with van der Waals surface area (Å²) < 4.78 is 63.9. The highest BCUT2D eigenvalue weighted by atomic mass is 32.2. The summed E-state index contributed by atoms with van der Waals surface area (Å²) in [4.78, 5) is -1.48. The van der Waals surface area contributed by atoms with Crippen LogP contribution >= 0.6 is 0 Å². The number of quaternary nitrogens is 1. The topological polar surface area (TPSA) is 114 Å². The molecule has 0 atom stereocenters. The molecule has 1 aromatic carbocycles. The second kappa shape index (κ2) is 14.1. The molecule has 0 aliphatic rings. The molecule has 0 saturated heterocycles. The van der Waals surface area contributed by atoms with Gasteiger partial charge < -0.3 is 13.6 Å². The molecule has 176 valence electrons. The van der Waals surface area contributed by atoms with Crippen molar-refractivity contribution in [1.29, 1.82) is 0 Å². The van der Waals surface area contributed by atoms with Gasteiger partial charge in [-0.05, 0) is 31.0 Å². The van der Waals surface area contributed by atoms with Crippen LogP contribution in [0.3, 0.4) is 0 Å². The van der Waals surface area contributed by atoms with Crippen LogP contribution in [-0.4, -0.2) is 58.1 Å². The number of rotatable bonds is 13. The van der Waals surface area contributed by atoms with Gasteiger partial charge in [0.2, 0.25) is 0 Å². The van der Waals surface area contributed by atoms with Crippen molar-refractivity contribution in [2.45, 2.75) is 80.9 Å². The molecule has 0 bridgehead atoms. The molecule has 0 amide bonds. The van der Waals surface area contributed by atoms with Gasteiger partial charge in [0.05, 0.1) is 37.5 Å². The molecule has 0 aromatic heterocycles. The van der Waals surface area contributed by atoms with Gasteiger partial charge in [-0.25, -0.2) is 16.8 Å². The average Bonchev–Trinajstić information content (AvgIpc) is 2.62. The van der Waals surface area contributed by atoms with E-state index in [1.54, 1.807) is 0 Å². The molecule has 0 saturated carbocycles. The zero-order chi connectivity index (χ0) is 23.3. The maximum atomic E-state index is 10.5. The Bertz CT molecular complexity index is 752. The van der Waals surface area contributed by atoms with Gasteiger partial charge in [-0.3, -0.25) is 0 Å². The Morgan fingerprint density at radius 1 is 0.700 bits per heavy atom. The molecule has 0 radical (unpaired) electrons. The predicted octanol–water partition coefficient (Wildman–Crippen LogP) is 4.11. The van der Waals surface area contributed by atoms with Gasteiger partial charge in [0, 0.05) is 0 Å². The van der Waals surface area contributed by atoms with E-state index in [-0.39, 0.29) is 0 Å². The highest BCUT2D eigenvalue weighted by molar-refractivity contribution is 7.86. The number of hydrogen-bond donors (Lipinski definition) is 0. The van der Waals surface area contributed by atoms with Gasteiger partial charge in [0.25, 0.3) is 0 Å². The Balaban J connectivity index is 0.000000564. The van der Waals surface area contributed by atoms with Gasteiger partial charge in [0.1, 0.15) is 20.2 Å². The summed E-state index contributed by atoms with van der Waals surface area (Å²) in [6.07, 6.45) is 14.4. The van der Waals surface area contributed by atoms with Gasteiger partial charge in [-0.15, -0.1) is 0 Å². The molecular formula is C21H38NO6S2-. The second-order valence-corrected chi connectivity index (χ2v) is 11.3. The van der Waals surface area contributed by atoms with E-state index in [1.165, 1.54) is 70.8 Å². The first-order valence-corrected chi connectivity index (χ1v) is 13.4. The third-order valence-corrected chi connectivity index (χ3v) is 6.23. The molecule has 9 heteroatoms. The van der Waals surface area contributed by atoms with Gasteiger partial charge in [-0.1, -0.05) is 64.4 Å². The van der Waals surface area contributed by atoms with Crippen molar-refractivity contribution < 1.29 is 30.4 Å². The second-order valence-electron chi connectivity index (χ2n) is 8.58. The van der Waals surface area contributed by atoms with E-state index in [2.05, 4.69) is 28.1 Å². The Kier molecular flexibility index (Phi) is 13.7. The lowest BCUT2D eigenvalue weighted by molar-refractivity contribution is -0.870. The van der Waals surface area contributed by atoms with Crippen molar-refractivity contribution in [2.24, 2.45) is 0 Å². The lowest BCUT2D eigenvalue weighted by Gasteiger charge is -2.23. The van der Waals surface area contributed by atoms with Crippen molar-refractivity contribution in [3.05, 3.63) is 24.3 Å². The van der Waals surface area contributed by atoms with Crippen LogP contribution in [-0.2, 0) is 20.2 Å². The zero-order valence-electron chi connectivity index (χ0n) is 18.8. The van der Waals surface area contributed by atoms with E-state index < -0.39 is 30.0 Å². The van der Waals surface area contributed by atoms with Gasteiger partial charge in [-0.2, -0.15) is 0 Å². The average molecular weight is 465 g/mol. The van der Waals surface area contributed by atoms with Crippen molar-refractivity contribution in [2.75, 3.05) is 27.7 Å². The van der Waals surface area contributed by atoms with Crippen LogP contribution in [0.1, 0.15) is 71.1 Å². The molecule has 7 nitrogen and oxygen atoms in total. The van der Waals surface area contributed by atoms with E-state index in [1.807, 2.05) is 0 Å². The number of benzene rings is 1. The Labute approximate surface area is 183 Å². The Morgan fingerprint density at radius 3 is 1.40 bits per heavy atom. The fraction of sp³-hybridized carbons (Fsp3) is 0.714. The lowest BCUT2D eigenvalue weighted by Crippen LogP contribution is -2.35. The lowest BCUT2D eigenvalue weighted by atomic mass is 10.1. The summed E-state index contributed by atoms with van der Waals surface area (Å²) in [7, 11) is -2.62. The monoisotopic (exact) mass is 464 g/mol. The molecule has 0 spiro atoms. The van der Waals surface area contributed by atoms with E-state index >= 15 is 0 Å². The first kappa shape index (κ1) is 29.0. The van der Waals surface area contributed by atoms with Crippen molar-refractivity contribution in [1.82, 2.24) is 0 Å². The van der Waals surface area contributed by atoms with Gasteiger partial charge >= 0.3 is 0 Å². The van der Waals surface area contributed by atoms with Crippen molar-refractivity contribution >= 4 is 20.2 Å². The Hall–Kier alpha value is -1.00. The van der Waals surface area contributed by atoms with Crippen LogP contribution in [0.2, 0.25) is 0 Å². The minimum atomic E-state index is -4.74. The molecule has 0 unspecified atom stereocenters. The molecule has 0 N–H and O–H groups in total. The minimum absolute atomic E-state index is 0.532. The highest BCUT2D eigenvalue weighted by Gasteiger charge is 2.06. The van der Waals surface area contributed by atoms with Crippen LogP contribution in [0.25, 0.3) is 0 Å². The summed E-state index contributed by atoms with van der Waals surface area (Å²) in [5.74, 6) is 0. The first-order chi connectivity index (χ1) is 13.8. The number of hydrogen-bond acceptors (Lipinski definition) is 6. The first-order valence-electron chi connectivity index (χ1n) is 10.6. The van der Waals surface area contributed by atoms with E-state index in [0.29, 0.717) is 6.07 Å². The molecule has 0 aliphatic carbocycles. The third-order valence-electron chi connectivity index (χ3n) is 4.57.